The minimum Gasteiger partial charge on any atom is -0.395 e. The Morgan fingerprint density at radius 3 is 2.78 bits per heavy atom. The quantitative estimate of drug-likeness (QED) is 0.835. The Morgan fingerprint density at radius 1 is 1.30 bits per heavy atom. The summed E-state index contributed by atoms with van der Waals surface area (Å²) in [5, 5.41) is 9.19. The van der Waals surface area contributed by atoms with Gasteiger partial charge in [-0.1, -0.05) is 29.8 Å². The molecule has 1 N–H and O–H groups in total. The van der Waals surface area contributed by atoms with Crippen LogP contribution in [0.2, 0.25) is 0 Å². The summed E-state index contributed by atoms with van der Waals surface area (Å²) < 4.78 is 0. The number of benzene rings is 1. The maximum absolute atomic E-state index is 12.4. The monoisotopic (exact) mass is 310 g/mol. The second-order valence-electron chi connectivity index (χ2n) is 5.54. The molecule has 1 aromatic heterocycles. The molecular formula is C19H22N2O2. The van der Waals surface area contributed by atoms with Crippen LogP contribution in [0.15, 0.2) is 48.8 Å². The molecule has 4 nitrogen and oxygen atoms in total. The van der Waals surface area contributed by atoms with Crippen molar-refractivity contribution >= 4 is 12.0 Å². The zero-order chi connectivity index (χ0) is 16.7. The van der Waals surface area contributed by atoms with Crippen LogP contribution in [0.4, 0.5) is 0 Å². The smallest absolute Gasteiger partial charge is 0.246 e. The molecule has 0 unspecified atom stereocenters. The lowest BCUT2D eigenvalue weighted by atomic mass is 10.1. The molecule has 0 spiro atoms. The number of pyridine rings is 1. The van der Waals surface area contributed by atoms with E-state index in [-0.39, 0.29) is 12.5 Å². The summed E-state index contributed by atoms with van der Waals surface area (Å²) in [6.45, 7) is 4.74. The van der Waals surface area contributed by atoms with Crippen LogP contribution in [0.5, 0.6) is 0 Å². The minimum atomic E-state index is -0.122. The van der Waals surface area contributed by atoms with E-state index in [2.05, 4.69) is 11.1 Å². The molecule has 0 bridgehead atoms. The van der Waals surface area contributed by atoms with Gasteiger partial charge in [0, 0.05) is 31.6 Å². The Kier molecular flexibility index (Phi) is 6.06. The van der Waals surface area contributed by atoms with E-state index in [1.165, 1.54) is 5.56 Å². The summed E-state index contributed by atoms with van der Waals surface area (Å²) in [7, 11) is 0. The number of rotatable bonds is 6. The van der Waals surface area contributed by atoms with Crippen LogP contribution in [0, 0.1) is 13.8 Å². The van der Waals surface area contributed by atoms with Crippen LogP contribution >= 0.6 is 0 Å². The van der Waals surface area contributed by atoms with Gasteiger partial charge in [-0.05, 0) is 42.7 Å². The zero-order valence-corrected chi connectivity index (χ0v) is 13.6. The van der Waals surface area contributed by atoms with Crippen molar-refractivity contribution in [1.29, 1.82) is 0 Å². The maximum Gasteiger partial charge on any atom is 0.246 e. The van der Waals surface area contributed by atoms with Gasteiger partial charge < -0.3 is 10.0 Å². The van der Waals surface area contributed by atoms with Gasteiger partial charge in [0.2, 0.25) is 5.91 Å². The number of hydrogen-bond acceptors (Lipinski definition) is 3. The molecule has 0 aliphatic carbocycles. The normalized spacial score (nSPS) is 10.9. The number of aliphatic hydroxyl groups excluding tert-OH is 1. The minimum absolute atomic E-state index is 0.0661. The van der Waals surface area contributed by atoms with Crippen molar-refractivity contribution in [1.82, 2.24) is 9.88 Å². The summed E-state index contributed by atoms with van der Waals surface area (Å²) in [5.41, 5.74) is 4.29. The number of carbonyl (C=O) groups excluding carboxylic acids is 1. The van der Waals surface area contributed by atoms with Crippen molar-refractivity contribution in [2.24, 2.45) is 0 Å². The number of carbonyl (C=O) groups is 1. The molecule has 0 aliphatic rings. The Balaban J connectivity index is 2.09. The molecule has 0 saturated carbocycles. The van der Waals surface area contributed by atoms with Gasteiger partial charge in [0.25, 0.3) is 0 Å². The van der Waals surface area contributed by atoms with Gasteiger partial charge in [-0.2, -0.15) is 0 Å². The van der Waals surface area contributed by atoms with Crippen molar-refractivity contribution in [3.05, 3.63) is 71.1 Å². The van der Waals surface area contributed by atoms with Crippen molar-refractivity contribution in [2.45, 2.75) is 20.4 Å². The Labute approximate surface area is 137 Å². The van der Waals surface area contributed by atoms with Crippen LogP contribution in [0.1, 0.15) is 22.3 Å². The van der Waals surface area contributed by atoms with E-state index >= 15 is 0 Å². The molecule has 0 radical (unpaired) electrons. The third-order valence-corrected chi connectivity index (χ3v) is 3.61. The summed E-state index contributed by atoms with van der Waals surface area (Å²) in [5.74, 6) is -0.122. The highest BCUT2D eigenvalue weighted by molar-refractivity contribution is 5.92. The lowest BCUT2D eigenvalue weighted by Gasteiger charge is -2.20. The average molecular weight is 310 g/mol. The van der Waals surface area contributed by atoms with Gasteiger partial charge in [-0.25, -0.2) is 0 Å². The number of aliphatic hydroxyl groups is 1. The molecule has 1 aromatic carbocycles. The van der Waals surface area contributed by atoms with E-state index in [0.717, 1.165) is 16.7 Å². The van der Waals surface area contributed by atoms with Crippen LogP contribution in [-0.4, -0.2) is 34.0 Å². The first kappa shape index (κ1) is 16.9. The highest BCUT2D eigenvalue weighted by Gasteiger charge is 2.11. The van der Waals surface area contributed by atoms with Crippen molar-refractivity contribution in [3.63, 3.8) is 0 Å². The van der Waals surface area contributed by atoms with E-state index in [0.29, 0.717) is 13.1 Å². The molecule has 2 aromatic rings. The molecule has 4 heteroatoms. The first-order valence-corrected chi connectivity index (χ1v) is 7.64. The standard InChI is InChI=1S/C19H22N2O2/c1-15-5-6-18(16(2)12-15)7-8-19(23)21(10-11-22)14-17-4-3-9-20-13-17/h3-9,12-13,22H,10-11,14H2,1-2H3/b8-7+. The molecule has 1 amide bonds. The van der Waals surface area contributed by atoms with E-state index in [1.54, 1.807) is 23.4 Å². The third kappa shape index (κ3) is 5.04. The van der Waals surface area contributed by atoms with Crippen molar-refractivity contribution in [2.75, 3.05) is 13.2 Å². The fourth-order valence-corrected chi connectivity index (χ4v) is 2.38. The molecule has 2 rings (SSSR count). The lowest BCUT2D eigenvalue weighted by molar-refractivity contribution is -0.127. The van der Waals surface area contributed by atoms with Crippen LogP contribution in [-0.2, 0) is 11.3 Å². The number of amides is 1. The van der Waals surface area contributed by atoms with E-state index in [9.17, 15) is 9.90 Å². The molecule has 23 heavy (non-hydrogen) atoms. The van der Waals surface area contributed by atoms with Gasteiger partial charge >= 0.3 is 0 Å². The first-order valence-electron chi connectivity index (χ1n) is 7.64. The Morgan fingerprint density at radius 2 is 2.13 bits per heavy atom. The molecule has 0 fully saturated rings. The fourth-order valence-electron chi connectivity index (χ4n) is 2.38. The number of aryl methyl sites for hydroxylation is 2. The van der Waals surface area contributed by atoms with E-state index < -0.39 is 0 Å². The molecule has 120 valence electrons. The zero-order valence-electron chi connectivity index (χ0n) is 13.6. The number of nitrogens with zero attached hydrogens (tertiary/aromatic N) is 2. The highest BCUT2D eigenvalue weighted by atomic mass is 16.3. The number of hydrogen-bond donors (Lipinski definition) is 1. The lowest BCUT2D eigenvalue weighted by Crippen LogP contribution is -2.31. The molecule has 1 heterocycles. The SMILES string of the molecule is Cc1ccc(/C=C/C(=O)N(CCO)Cc2cccnc2)c(C)c1. The Bertz CT molecular complexity index is 681. The van der Waals surface area contributed by atoms with Gasteiger partial charge in [-0.3, -0.25) is 9.78 Å². The van der Waals surface area contributed by atoms with Gasteiger partial charge in [-0.15, -0.1) is 0 Å². The summed E-state index contributed by atoms with van der Waals surface area (Å²) in [6, 6.07) is 9.87. The van der Waals surface area contributed by atoms with Crippen LogP contribution in [0.3, 0.4) is 0 Å². The van der Waals surface area contributed by atoms with Gasteiger partial charge in [0.1, 0.15) is 0 Å². The van der Waals surface area contributed by atoms with Crippen molar-refractivity contribution < 1.29 is 9.90 Å². The number of aromatic nitrogens is 1. The maximum atomic E-state index is 12.4. The topological polar surface area (TPSA) is 53.4 Å². The Hall–Kier alpha value is -2.46. The predicted octanol–water partition coefficient (Wildman–Crippen LogP) is 2.73. The summed E-state index contributed by atoms with van der Waals surface area (Å²) >= 11 is 0. The van der Waals surface area contributed by atoms with E-state index in [4.69, 9.17) is 0 Å². The molecule has 0 saturated heterocycles. The first-order chi connectivity index (χ1) is 11.1. The second kappa shape index (κ2) is 8.25. The van der Waals surface area contributed by atoms with Crippen molar-refractivity contribution in [3.8, 4) is 0 Å². The van der Waals surface area contributed by atoms with Crippen LogP contribution in [0.25, 0.3) is 6.08 Å². The molecule has 0 aliphatic heterocycles. The fraction of sp³-hybridized carbons (Fsp3) is 0.263. The second-order valence-corrected chi connectivity index (χ2v) is 5.54. The highest BCUT2D eigenvalue weighted by Crippen LogP contribution is 2.13. The summed E-state index contributed by atoms with van der Waals surface area (Å²) in [6.07, 6.45) is 6.81. The average Bonchev–Trinajstić information content (AvgIpc) is 2.54. The van der Waals surface area contributed by atoms with Gasteiger partial charge in [0.05, 0.1) is 6.61 Å². The largest absolute Gasteiger partial charge is 0.395 e. The van der Waals surface area contributed by atoms with Crippen LogP contribution < -0.4 is 0 Å². The summed E-state index contributed by atoms with van der Waals surface area (Å²) in [4.78, 5) is 18.1. The molecular weight excluding hydrogens is 288 g/mol. The van der Waals surface area contributed by atoms with E-state index in [1.807, 2.05) is 44.2 Å². The predicted molar refractivity (Wildman–Crippen MR) is 91.7 cm³/mol. The van der Waals surface area contributed by atoms with Gasteiger partial charge in [0.15, 0.2) is 0 Å². The third-order valence-electron chi connectivity index (χ3n) is 3.61. The molecule has 0 atom stereocenters.